The predicted octanol–water partition coefficient (Wildman–Crippen LogP) is 2.62. The third-order valence-corrected chi connectivity index (χ3v) is 7.13. The average molecular weight is 248 g/mol. The van der Waals surface area contributed by atoms with E-state index in [1.165, 1.54) is 37.1 Å². The van der Waals surface area contributed by atoms with E-state index in [1.807, 2.05) is 0 Å². The van der Waals surface area contributed by atoms with Gasteiger partial charge in [0.05, 0.1) is 26.2 Å². The Morgan fingerprint density at radius 2 is 1.38 bits per heavy atom. The zero-order valence-corrected chi connectivity index (χ0v) is 13.0. The van der Waals surface area contributed by atoms with Gasteiger partial charge in [-0.25, -0.2) is 0 Å². The van der Waals surface area contributed by atoms with E-state index in [9.17, 15) is 0 Å². The molecule has 0 saturated heterocycles. The maximum absolute atomic E-state index is 5.51. The molecule has 0 N–H and O–H groups in total. The molecule has 98 valence electrons. The summed E-state index contributed by atoms with van der Waals surface area (Å²) in [4.78, 5) is 0. The molecule has 16 heavy (non-hydrogen) atoms. The second-order valence-corrected chi connectivity index (χ2v) is 8.24. The van der Waals surface area contributed by atoms with Crippen LogP contribution in [0.2, 0.25) is 12.6 Å². The van der Waals surface area contributed by atoms with Crippen molar-refractivity contribution in [3.63, 3.8) is 0 Å². The van der Waals surface area contributed by atoms with Gasteiger partial charge >= 0.3 is 8.56 Å². The summed E-state index contributed by atoms with van der Waals surface area (Å²) in [7, 11) is 1.70. The van der Waals surface area contributed by atoms with Gasteiger partial charge in [-0.15, -0.1) is 0 Å². The van der Waals surface area contributed by atoms with Gasteiger partial charge < -0.3 is 13.3 Å². The van der Waals surface area contributed by atoms with E-state index in [0.717, 1.165) is 6.04 Å². The summed E-state index contributed by atoms with van der Waals surface area (Å²) < 4.78 is 12.2. The molecule has 0 aliphatic rings. The fourth-order valence-corrected chi connectivity index (χ4v) is 3.54. The lowest BCUT2D eigenvalue weighted by atomic mass is 10.3. The van der Waals surface area contributed by atoms with Crippen molar-refractivity contribution >= 4 is 8.56 Å². The Morgan fingerprint density at radius 1 is 0.938 bits per heavy atom. The molecule has 0 fully saturated rings. The molecule has 0 heterocycles. The minimum absolute atomic E-state index is 1.10. The first-order chi connectivity index (χ1) is 7.51. The molecule has 4 heteroatoms. The van der Waals surface area contributed by atoms with E-state index in [0.29, 0.717) is 0 Å². The van der Waals surface area contributed by atoms with Crippen molar-refractivity contribution in [3.05, 3.63) is 0 Å². The van der Waals surface area contributed by atoms with Gasteiger partial charge in [0, 0.05) is 14.2 Å². The molecule has 0 saturated carbocycles. The fraction of sp³-hybridized carbons (Fsp3) is 1.00. The molecular weight excluding hydrogens is 218 g/mol. The molecule has 0 aromatic carbocycles. The number of hydrogen-bond donors (Lipinski definition) is 0. The van der Waals surface area contributed by atoms with Crippen molar-refractivity contribution in [1.29, 1.82) is 0 Å². The van der Waals surface area contributed by atoms with Crippen molar-refractivity contribution in [2.24, 2.45) is 0 Å². The Balaban J connectivity index is 4.13. The molecule has 0 radical (unpaired) electrons. The van der Waals surface area contributed by atoms with Crippen LogP contribution in [-0.4, -0.2) is 53.4 Å². The van der Waals surface area contributed by atoms with Crippen LogP contribution in [0.4, 0.5) is 0 Å². The standard InChI is InChI=1S/C12H30NO2Si/c1-7-13(8-2,9-3)11-10-12-16(6,14-4)15-5/h7-12H2,1-6H3/q+1. The summed E-state index contributed by atoms with van der Waals surface area (Å²) >= 11 is 0. The van der Waals surface area contributed by atoms with E-state index in [-0.39, 0.29) is 0 Å². The first-order valence-corrected chi connectivity index (χ1v) is 8.99. The first-order valence-electron chi connectivity index (χ1n) is 6.46. The van der Waals surface area contributed by atoms with Crippen molar-refractivity contribution < 1.29 is 13.3 Å². The summed E-state index contributed by atoms with van der Waals surface area (Å²) in [5.41, 5.74) is 0. The van der Waals surface area contributed by atoms with Crippen molar-refractivity contribution in [1.82, 2.24) is 0 Å². The first kappa shape index (κ1) is 16.1. The zero-order chi connectivity index (χ0) is 12.7. The Hall–Kier alpha value is 0.0969. The lowest BCUT2D eigenvalue weighted by Gasteiger charge is -2.36. The number of quaternary nitrogens is 1. The Labute approximate surface area is 103 Å². The maximum Gasteiger partial charge on any atom is 0.334 e. The fourth-order valence-electron chi connectivity index (χ4n) is 2.17. The second-order valence-electron chi connectivity index (χ2n) is 4.66. The summed E-state index contributed by atoms with van der Waals surface area (Å²) in [5.74, 6) is 0. The van der Waals surface area contributed by atoms with E-state index in [4.69, 9.17) is 8.85 Å². The highest BCUT2D eigenvalue weighted by molar-refractivity contribution is 6.65. The third kappa shape index (κ3) is 4.53. The van der Waals surface area contributed by atoms with Crippen molar-refractivity contribution in [3.8, 4) is 0 Å². The van der Waals surface area contributed by atoms with Crippen LogP contribution in [0.15, 0.2) is 0 Å². The summed E-state index contributed by atoms with van der Waals surface area (Å²) in [6.07, 6.45) is 1.21. The summed E-state index contributed by atoms with van der Waals surface area (Å²) in [6.45, 7) is 13.9. The smallest absolute Gasteiger partial charge is 0.334 e. The third-order valence-electron chi connectivity index (χ3n) is 4.14. The van der Waals surface area contributed by atoms with E-state index < -0.39 is 8.56 Å². The van der Waals surface area contributed by atoms with Crippen molar-refractivity contribution in [2.75, 3.05) is 40.4 Å². The van der Waals surface area contributed by atoms with Crippen LogP contribution < -0.4 is 0 Å². The number of rotatable bonds is 9. The molecule has 0 unspecified atom stereocenters. The summed E-state index contributed by atoms with van der Waals surface area (Å²) in [6, 6.07) is 1.10. The lowest BCUT2D eigenvalue weighted by molar-refractivity contribution is -0.923. The van der Waals surface area contributed by atoms with Gasteiger partial charge in [0.2, 0.25) is 0 Å². The van der Waals surface area contributed by atoms with Gasteiger partial charge in [-0.2, -0.15) is 0 Å². The van der Waals surface area contributed by atoms with Crippen LogP contribution in [-0.2, 0) is 8.85 Å². The minimum Gasteiger partial charge on any atom is -0.398 e. The Morgan fingerprint density at radius 3 is 1.69 bits per heavy atom. The normalized spacial score (nSPS) is 13.1. The van der Waals surface area contributed by atoms with Crippen LogP contribution >= 0.6 is 0 Å². The van der Waals surface area contributed by atoms with Crippen molar-refractivity contribution in [2.45, 2.75) is 39.8 Å². The molecule has 0 aromatic heterocycles. The predicted molar refractivity (Wildman–Crippen MR) is 71.8 cm³/mol. The number of nitrogens with zero attached hydrogens (tertiary/aromatic N) is 1. The zero-order valence-electron chi connectivity index (χ0n) is 12.0. The maximum atomic E-state index is 5.51. The molecular formula is C12H30NO2Si+. The molecule has 0 aliphatic heterocycles. The van der Waals surface area contributed by atoms with Gasteiger partial charge in [-0.1, -0.05) is 0 Å². The van der Waals surface area contributed by atoms with Crippen LogP contribution in [0.3, 0.4) is 0 Å². The number of hydrogen-bond acceptors (Lipinski definition) is 2. The van der Waals surface area contributed by atoms with Crippen LogP contribution in [0.5, 0.6) is 0 Å². The molecule has 3 nitrogen and oxygen atoms in total. The van der Waals surface area contributed by atoms with Gasteiger partial charge in [0.15, 0.2) is 0 Å². The molecule has 0 spiro atoms. The molecule has 0 bridgehead atoms. The van der Waals surface area contributed by atoms with Gasteiger partial charge in [-0.05, 0) is 39.8 Å². The molecule has 0 atom stereocenters. The largest absolute Gasteiger partial charge is 0.398 e. The topological polar surface area (TPSA) is 18.5 Å². The molecule has 0 amide bonds. The van der Waals surface area contributed by atoms with Crippen LogP contribution in [0, 0.1) is 0 Å². The summed E-state index contributed by atoms with van der Waals surface area (Å²) in [5, 5.41) is 0. The molecule has 0 aliphatic carbocycles. The lowest BCUT2D eigenvalue weighted by Crippen LogP contribution is -2.49. The van der Waals surface area contributed by atoms with E-state index in [2.05, 4.69) is 27.3 Å². The quantitative estimate of drug-likeness (QED) is 0.461. The minimum atomic E-state index is -1.85. The molecule has 0 rings (SSSR count). The average Bonchev–Trinajstić information content (AvgIpc) is 2.35. The van der Waals surface area contributed by atoms with Gasteiger partial charge in [0.25, 0.3) is 0 Å². The van der Waals surface area contributed by atoms with Crippen LogP contribution in [0.25, 0.3) is 0 Å². The van der Waals surface area contributed by atoms with Crippen LogP contribution in [0.1, 0.15) is 27.2 Å². The van der Waals surface area contributed by atoms with Gasteiger partial charge in [-0.3, -0.25) is 0 Å². The van der Waals surface area contributed by atoms with E-state index >= 15 is 0 Å². The highest BCUT2D eigenvalue weighted by atomic mass is 28.4. The second kappa shape index (κ2) is 7.43. The highest BCUT2D eigenvalue weighted by Gasteiger charge is 2.30. The Kier molecular flexibility index (Phi) is 7.47. The molecule has 0 aromatic rings. The monoisotopic (exact) mass is 248 g/mol. The van der Waals surface area contributed by atoms with Gasteiger partial charge in [0.1, 0.15) is 0 Å². The Bertz CT molecular complexity index is 172. The SMILES string of the molecule is CC[N+](CC)(CC)CCC[Si](C)(OC)OC. The highest BCUT2D eigenvalue weighted by Crippen LogP contribution is 2.16. The van der Waals surface area contributed by atoms with E-state index in [1.54, 1.807) is 14.2 Å².